The Morgan fingerprint density at radius 2 is 2.23 bits per heavy atom. The summed E-state index contributed by atoms with van der Waals surface area (Å²) in [6.07, 6.45) is 8.06. The summed E-state index contributed by atoms with van der Waals surface area (Å²) < 4.78 is 0. The fourth-order valence-corrected chi connectivity index (χ4v) is 3.29. The average molecular weight is 296 g/mol. The number of carbonyl (C=O) groups is 1. The van der Waals surface area contributed by atoms with Gasteiger partial charge in [0, 0.05) is 30.2 Å². The molecule has 1 aromatic carbocycles. The lowest BCUT2D eigenvalue weighted by Gasteiger charge is -2.23. The minimum atomic E-state index is -0.830. The van der Waals surface area contributed by atoms with E-state index in [0.29, 0.717) is 13.1 Å². The lowest BCUT2D eigenvalue weighted by atomic mass is 9.97. The zero-order valence-corrected chi connectivity index (χ0v) is 12.5. The van der Waals surface area contributed by atoms with E-state index in [9.17, 15) is 4.79 Å². The van der Waals surface area contributed by atoms with E-state index < -0.39 is 6.09 Å². The van der Waals surface area contributed by atoms with Crippen LogP contribution in [0.2, 0.25) is 0 Å². The average Bonchev–Trinajstić information content (AvgIpc) is 3.27. The van der Waals surface area contributed by atoms with Crippen LogP contribution >= 0.6 is 0 Å². The van der Waals surface area contributed by atoms with E-state index >= 15 is 0 Å². The largest absolute Gasteiger partial charge is 0.465 e. The van der Waals surface area contributed by atoms with E-state index in [1.54, 1.807) is 0 Å². The molecule has 1 saturated carbocycles. The summed E-state index contributed by atoms with van der Waals surface area (Å²) in [6.45, 7) is 1.08. The molecular formula is C18H20N2O2. The van der Waals surface area contributed by atoms with Gasteiger partial charge in [0.15, 0.2) is 0 Å². The number of amides is 1. The highest BCUT2D eigenvalue weighted by Crippen LogP contribution is 2.35. The van der Waals surface area contributed by atoms with Crippen molar-refractivity contribution < 1.29 is 9.90 Å². The van der Waals surface area contributed by atoms with Gasteiger partial charge in [0.25, 0.3) is 0 Å². The predicted molar refractivity (Wildman–Crippen MR) is 86.9 cm³/mol. The zero-order valence-electron chi connectivity index (χ0n) is 12.5. The summed E-state index contributed by atoms with van der Waals surface area (Å²) in [4.78, 5) is 15.8. The van der Waals surface area contributed by atoms with Crippen LogP contribution in [-0.4, -0.2) is 34.2 Å². The second kappa shape index (κ2) is 5.20. The molecule has 1 aromatic heterocycles. The maximum atomic E-state index is 11.0. The van der Waals surface area contributed by atoms with Gasteiger partial charge in [-0.3, -0.25) is 0 Å². The van der Waals surface area contributed by atoms with Crippen LogP contribution in [0.25, 0.3) is 16.5 Å². The van der Waals surface area contributed by atoms with E-state index in [1.165, 1.54) is 51.8 Å². The van der Waals surface area contributed by atoms with Crippen LogP contribution in [0, 0.1) is 5.92 Å². The van der Waals surface area contributed by atoms with Crippen molar-refractivity contribution in [2.45, 2.75) is 25.7 Å². The molecule has 0 radical (unpaired) electrons. The molecule has 2 aliphatic rings. The zero-order chi connectivity index (χ0) is 15.1. The monoisotopic (exact) mass is 296 g/mol. The van der Waals surface area contributed by atoms with Crippen molar-refractivity contribution in [2.75, 3.05) is 13.1 Å². The number of rotatable bonds is 3. The fourth-order valence-electron chi connectivity index (χ4n) is 3.29. The summed E-state index contributed by atoms with van der Waals surface area (Å²) in [5.41, 5.74) is 5.11. The number of hydrogen-bond donors (Lipinski definition) is 2. The highest BCUT2D eigenvalue weighted by Gasteiger charge is 2.23. The molecule has 0 saturated heterocycles. The van der Waals surface area contributed by atoms with Crippen molar-refractivity contribution in [1.82, 2.24) is 9.88 Å². The Morgan fingerprint density at radius 3 is 2.91 bits per heavy atom. The summed E-state index contributed by atoms with van der Waals surface area (Å²) >= 11 is 0. The summed E-state index contributed by atoms with van der Waals surface area (Å²) in [5.74, 6) is 0.876. The SMILES string of the molecule is O=C(O)N1CC=C(c2ccc3[nH]cc(CC4CC4)c3c2)CC1. The van der Waals surface area contributed by atoms with Crippen LogP contribution in [0.15, 0.2) is 30.5 Å². The maximum Gasteiger partial charge on any atom is 0.407 e. The normalized spacial score (nSPS) is 18.5. The van der Waals surface area contributed by atoms with Crippen LogP contribution in [0.1, 0.15) is 30.4 Å². The molecule has 114 valence electrons. The maximum absolute atomic E-state index is 11.0. The van der Waals surface area contributed by atoms with Crippen molar-refractivity contribution in [2.24, 2.45) is 5.92 Å². The van der Waals surface area contributed by atoms with Crippen LogP contribution in [0.5, 0.6) is 0 Å². The van der Waals surface area contributed by atoms with Crippen LogP contribution < -0.4 is 0 Å². The van der Waals surface area contributed by atoms with E-state index in [0.717, 1.165) is 12.3 Å². The molecule has 1 amide bonds. The Bertz CT molecular complexity index is 756. The Hall–Kier alpha value is -2.23. The molecule has 1 aliphatic heterocycles. The number of nitrogens with one attached hydrogen (secondary N) is 1. The lowest BCUT2D eigenvalue weighted by Crippen LogP contribution is -2.33. The van der Waals surface area contributed by atoms with Crippen molar-refractivity contribution in [3.8, 4) is 0 Å². The van der Waals surface area contributed by atoms with Gasteiger partial charge in [0.1, 0.15) is 0 Å². The minimum Gasteiger partial charge on any atom is -0.465 e. The lowest BCUT2D eigenvalue weighted by molar-refractivity contribution is 0.150. The van der Waals surface area contributed by atoms with Gasteiger partial charge < -0.3 is 15.0 Å². The van der Waals surface area contributed by atoms with E-state index in [1.807, 2.05) is 6.08 Å². The van der Waals surface area contributed by atoms with E-state index in [2.05, 4.69) is 29.4 Å². The van der Waals surface area contributed by atoms with Crippen LogP contribution in [0.3, 0.4) is 0 Å². The van der Waals surface area contributed by atoms with E-state index in [-0.39, 0.29) is 0 Å². The molecule has 22 heavy (non-hydrogen) atoms. The number of nitrogens with zero attached hydrogens (tertiary/aromatic N) is 1. The molecule has 0 atom stereocenters. The molecular weight excluding hydrogens is 276 g/mol. The molecule has 4 rings (SSSR count). The van der Waals surface area contributed by atoms with Gasteiger partial charge >= 0.3 is 6.09 Å². The summed E-state index contributed by atoms with van der Waals surface area (Å²) in [5, 5.41) is 10.4. The molecule has 2 aromatic rings. The molecule has 1 aliphatic carbocycles. The summed E-state index contributed by atoms with van der Waals surface area (Å²) in [6, 6.07) is 6.55. The number of benzene rings is 1. The van der Waals surface area contributed by atoms with Gasteiger partial charge in [0.2, 0.25) is 0 Å². The number of H-pyrrole nitrogens is 1. The second-order valence-electron chi connectivity index (χ2n) is 6.43. The first-order valence-electron chi connectivity index (χ1n) is 7.98. The highest BCUT2D eigenvalue weighted by atomic mass is 16.4. The smallest absolute Gasteiger partial charge is 0.407 e. The molecule has 0 bridgehead atoms. The Labute approximate surface area is 129 Å². The van der Waals surface area contributed by atoms with Crippen molar-refractivity contribution in [3.05, 3.63) is 41.6 Å². The van der Waals surface area contributed by atoms with Crippen molar-refractivity contribution in [1.29, 1.82) is 0 Å². The van der Waals surface area contributed by atoms with Gasteiger partial charge in [-0.25, -0.2) is 4.79 Å². The predicted octanol–water partition coefficient (Wildman–Crippen LogP) is 3.89. The third-order valence-corrected chi connectivity index (χ3v) is 4.82. The Kier molecular flexibility index (Phi) is 3.17. The van der Waals surface area contributed by atoms with Crippen LogP contribution in [-0.2, 0) is 6.42 Å². The fraction of sp³-hybridized carbons (Fsp3) is 0.389. The third-order valence-electron chi connectivity index (χ3n) is 4.82. The first kappa shape index (κ1) is 13.4. The number of carboxylic acid groups (broad SMARTS) is 1. The molecule has 2 heterocycles. The summed E-state index contributed by atoms with van der Waals surface area (Å²) in [7, 11) is 0. The van der Waals surface area contributed by atoms with Crippen molar-refractivity contribution in [3.63, 3.8) is 0 Å². The topological polar surface area (TPSA) is 56.3 Å². The van der Waals surface area contributed by atoms with Crippen molar-refractivity contribution >= 4 is 22.6 Å². The van der Waals surface area contributed by atoms with E-state index in [4.69, 9.17) is 5.11 Å². The first-order valence-corrected chi connectivity index (χ1v) is 7.98. The quantitative estimate of drug-likeness (QED) is 0.903. The first-order chi connectivity index (χ1) is 10.7. The van der Waals surface area contributed by atoms with Crippen LogP contribution in [0.4, 0.5) is 4.79 Å². The number of fused-ring (bicyclic) bond motifs is 1. The molecule has 4 nitrogen and oxygen atoms in total. The highest BCUT2D eigenvalue weighted by molar-refractivity contribution is 5.87. The molecule has 4 heteroatoms. The third kappa shape index (κ3) is 2.49. The van der Waals surface area contributed by atoms with Gasteiger partial charge in [0.05, 0.1) is 0 Å². The van der Waals surface area contributed by atoms with Gasteiger partial charge in [-0.15, -0.1) is 0 Å². The number of aromatic nitrogens is 1. The standard InChI is InChI=1S/C18H20N2O2/c21-18(22)20-7-5-13(6-8-20)14-3-4-17-16(10-14)15(11-19-17)9-12-1-2-12/h3-5,10-12,19H,1-2,6-9H2,(H,21,22). The molecule has 0 unspecified atom stereocenters. The minimum absolute atomic E-state index is 0.491. The molecule has 2 N–H and O–H groups in total. The number of aromatic amines is 1. The molecule has 0 spiro atoms. The Balaban J connectivity index is 1.63. The van der Waals surface area contributed by atoms with Gasteiger partial charge in [-0.1, -0.05) is 12.1 Å². The Morgan fingerprint density at radius 1 is 1.36 bits per heavy atom. The molecule has 1 fully saturated rings. The second-order valence-corrected chi connectivity index (χ2v) is 6.43. The number of hydrogen-bond acceptors (Lipinski definition) is 1. The van der Waals surface area contributed by atoms with Gasteiger partial charge in [-0.05, 0) is 60.4 Å². The van der Waals surface area contributed by atoms with Gasteiger partial charge in [-0.2, -0.15) is 0 Å².